The second-order valence-electron chi connectivity index (χ2n) is 4.08. The van der Waals surface area contributed by atoms with E-state index in [2.05, 4.69) is 5.32 Å². The second-order valence-corrected chi connectivity index (χ2v) is 4.59. The number of ketones is 1. The fourth-order valence-electron chi connectivity index (χ4n) is 2.09. The van der Waals surface area contributed by atoms with Crippen LogP contribution in [0.15, 0.2) is 0 Å². The van der Waals surface area contributed by atoms with Gasteiger partial charge in [-0.05, 0) is 32.7 Å². The first-order chi connectivity index (χ1) is 6.54. The molecule has 4 atom stereocenters. The molecule has 1 N–H and O–H groups in total. The topological polar surface area (TPSA) is 29.1 Å². The van der Waals surface area contributed by atoms with Gasteiger partial charge >= 0.3 is 0 Å². The summed E-state index contributed by atoms with van der Waals surface area (Å²) in [6.45, 7) is 1.53. The van der Waals surface area contributed by atoms with Gasteiger partial charge in [-0.15, -0.1) is 11.6 Å². The minimum Gasteiger partial charge on any atom is -0.317 e. The molecule has 4 heteroatoms. The maximum absolute atomic E-state index is 13.4. The van der Waals surface area contributed by atoms with E-state index in [0.29, 0.717) is 12.8 Å². The molecule has 0 amide bonds. The molecule has 0 bridgehead atoms. The Balaban J connectivity index is 2.57. The molecule has 0 spiro atoms. The lowest BCUT2D eigenvalue weighted by molar-refractivity contribution is -0.118. The third-order valence-corrected chi connectivity index (χ3v) is 3.48. The van der Waals surface area contributed by atoms with Gasteiger partial charge in [-0.1, -0.05) is 0 Å². The minimum absolute atomic E-state index is 0.0182. The molecule has 0 aromatic heterocycles. The van der Waals surface area contributed by atoms with Gasteiger partial charge in [0.15, 0.2) is 0 Å². The maximum atomic E-state index is 13.4. The van der Waals surface area contributed by atoms with E-state index in [1.807, 2.05) is 7.05 Å². The molecule has 0 radical (unpaired) electrons. The van der Waals surface area contributed by atoms with E-state index in [0.717, 1.165) is 6.42 Å². The van der Waals surface area contributed by atoms with E-state index in [1.54, 1.807) is 0 Å². The minimum atomic E-state index is -0.993. The average molecular weight is 222 g/mol. The summed E-state index contributed by atoms with van der Waals surface area (Å²) in [5, 5.41) is 2.55. The molecule has 0 aromatic carbocycles. The van der Waals surface area contributed by atoms with Gasteiger partial charge in [0, 0.05) is 12.5 Å². The summed E-state index contributed by atoms with van der Waals surface area (Å²) < 4.78 is 13.4. The van der Waals surface area contributed by atoms with Gasteiger partial charge in [0.25, 0.3) is 0 Å². The zero-order chi connectivity index (χ0) is 10.7. The Bertz CT molecular complexity index is 212. The van der Waals surface area contributed by atoms with Crippen molar-refractivity contribution in [2.24, 2.45) is 5.92 Å². The SMILES string of the molecule is CNC1CC(CC(C)=O)C(Cl)[C@H](F)C1. The molecule has 1 aliphatic rings. The molecular weight excluding hydrogens is 205 g/mol. The quantitative estimate of drug-likeness (QED) is 0.738. The summed E-state index contributed by atoms with van der Waals surface area (Å²) in [7, 11) is 1.82. The first kappa shape index (κ1) is 11.9. The molecule has 14 heavy (non-hydrogen) atoms. The third kappa shape index (κ3) is 2.92. The van der Waals surface area contributed by atoms with Gasteiger partial charge in [0.05, 0.1) is 5.38 Å². The molecule has 1 rings (SSSR count). The number of alkyl halides is 2. The molecule has 82 valence electrons. The monoisotopic (exact) mass is 221 g/mol. The highest BCUT2D eigenvalue weighted by atomic mass is 35.5. The van der Waals surface area contributed by atoms with Crippen molar-refractivity contribution in [3.63, 3.8) is 0 Å². The van der Waals surface area contributed by atoms with E-state index in [1.165, 1.54) is 6.92 Å². The second kappa shape index (κ2) is 5.08. The number of rotatable bonds is 3. The molecule has 0 saturated heterocycles. The Labute approximate surface area is 89.2 Å². The number of carbonyl (C=O) groups excluding carboxylic acids is 1. The van der Waals surface area contributed by atoms with Gasteiger partial charge in [-0.2, -0.15) is 0 Å². The lowest BCUT2D eigenvalue weighted by Crippen LogP contribution is -2.43. The lowest BCUT2D eigenvalue weighted by atomic mass is 9.81. The van der Waals surface area contributed by atoms with E-state index in [9.17, 15) is 9.18 Å². The highest BCUT2D eigenvalue weighted by Crippen LogP contribution is 2.33. The molecule has 0 aromatic rings. The van der Waals surface area contributed by atoms with E-state index < -0.39 is 11.5 Å². The molecule has 0 aliphatic heterocycles. The fraction of sp³-hybridized carbons (Fsp3) is 0.900. The van der Waals surface area contributed by atoms with Crippen molar-refractivity contribution in [3.05, 3.63) is 0 Å². The van der Waals surface area contributed by atoms with Gasteiger partial charge in [-0.25, -0.2) is 4.39 Å². The third-order valence-electron chi connectivity index (χ3n) is 2.85. The van der Waals surface area contributed by atoms with Crippen molar-refractivity contribution in [2.45, 2.75) is 43.8 Å². The first-order valence-corrected chi connectivity index (χ1v) is 5.43. The van der Waals surface area contributed by atoms with E-state index >= 15 is 0 Å². The maximum Gasteiger partial charge on any atom is 0.130 e. The normalized spacial score (nSPS) is 38.3. The van der Waals surface area contributed by atoms with Crippen molar-refractivity contribution in [1.29, 1.82) is 0 Å². The number of halogens is 2. The standard InChI is InChI=1S/C10H17ClFNO/c1-6(14)3-7-4-8(13-2)5-9(12)10(7)11/h7-10,13H,3-5H2,1-2H3/t7?,8?,9-,10?/m1/s1. The molecule has 1 fully saturated rings. The number of hydrogen-bond donors (Lipinski definition) is 1. The summed E-state index contributed by atoms with van der Waals surface area (Å²) >= 11 is 5.94. The fourth-order valence-corrected chi connectivity index (χ4v) is 2.38. The van der Waals surface area contributed by atoms with Crippen LogP contribution in [0.1, 0.15) is 26.2 Å². The Morgan fingerprint density at radius 2 is 2.21 bits per heavy atom. The van der Waals surface area contributed by atoms with Crippen LogP contribution in [-0.4, -0.2) is 30.4 Å². The summed E-state index contributed by atoms with van der Waals surface area (Å²) in [4.78, 5) is 11.0. The zero-order valence-electron chi connectivity index (χ0n) is 8.59. The van der Waals surface area contributed by atoms with Gasteiger partial charge < -0.3 is 10.1 Å². The number of carbonyl (C=O) groups is 1. The predicted octanol–water partition coefficient (Wildman–Crippen LogP) is 1.91. The highest BCUT2D eigenvalue weighted by molar-refractivity contribution is 6.21. The Hall–Kier alpha value is -0.150. The van der Waals surface area contributed by atoms with Gasteiger partial charge in [0.2, 0.25) is 0 Å². The predicted molar refractivity (Wildman–Crippen MR) is 55.4 cm³/mol. The van der Waals surface area contributed by atoms with Crippen LogP contribution in [0.3, 0.4) is 0 Å². The Morgan fingerprint density at radius 1 is 1.57 bits per heavy atom. The largest absolute Gasteiger partial charge is 0.317 e. The van der Waals surface area contributed by atoms with Crippen molar-refractivity contribution in [3.8, 4) is 0 Å². The van der Waals surface area contributed by atoms with Crippen molar-refractivity contribution < 1.29 is 9.18 Å². The summed E-state index contributed by atoms with van der Waals surface area (Å²) in [5.74, 6) is 0.0694. The molecule has 2 nitrogen and oxygen atoms in total. The number of Topliss-reactive ketones (excluding diaryl/α,β-unsaturated/α-hetero) is 1. The van der Waals surface area contributed by atoms with Crippen LogP contribution in [0.4, 0.5) is 4.39 Å². The van der Waals surface area contributed by atoms with Crippen LogP contribution in [-0.2, 0) is 4.79 Å². The summed E-state index contributed by atoms with van der Waals surface area (Å²) in [6.07, 6.45) is 0.656. The van der Waals surface area contributed by atoms with Crippen LogP contribution in [0, 0.1) is 5.92 Å². The smallest absolute Gasteiger partial charge is 0.130 e. The molecule has 1 saturated carbocycles. The van der Waals surface area contributed by atoms with E-state index in [4.69, 9.17) is 11.6 Å². The van der Waals surface area contributed by atoms with Crippen molar-refractivity contribution in [1.82, 2.24) is 5.32 Å². The van der Waals surface area contributed by atoms with Crippen LogP contribution in [0.25, 0.3) is 0 Å². The molecular formula is C10H17ClFNO. The van der Waals surface area contributed by atoms with Gasteiger partial charge in [0.1, 0.15) is 12.0 Å². The summed E-state index contributed by atoms with van der Waals surface area (Å²) in [5.41, 5.74) is 0. The Kier molecular flexibility index (Phi) is 4.32. The van der Waals surface area contributed by atoms with Crippen LogP contribution in [0.2, 0.25) is 0 Å². The summed E-state index contributed by atoms with van der Waals surface area (Å²) in [6, 6.07) is 0.157. The van der Waals surface area contributed by atoms with Gasteiger partial charge in [-0.3, -0.25) is 0 Å². The lowest BCUT2D eigenvalue weighted by Gasteiger charge is -2.34. The van der Waals surface area contributed by atoms with Crippen molar-refractivity contribution >= 4 is 17.4 Å². The first-order valence-electron chi connectivity index (χ1n) is 4.99. The zero-order valence-corrected chi connectivity index (χ0v) is 9.35. The number of nitrogens with one attached hydrogen (secondary N) is 1. The number of hydrogen-bond acceptors (Lipinski definition) is 2. The van der Waals surface area contributed by atoms with Crippen LogP contribution in [0.5, 0.6) is 0 Å². The molecule has 1 aliphatic carbocycles. The Morgan fingerprint density at radius 3 is 2.71 bits per heavy atom. The average Bonchev–Trinajstić information content (AvgIpc) is 2.11. The van der Waals surface area contributed by atoms with Crippen LogP contribution >= 0.6 is 11.6 Å². The van der Waals surface area contributed by atoms with Crippen molar-refractivity contribution in [2.75, 3.05) is 7.05 Å². The molecule has 3 unspecified atom stereocenters. The van der Waals surface area contributed by atoms with Crippen LogP contribution < -0.4 is 5.32 Å². The van der Waals surface area contributed by atoms with E-state index in [-0.39, 0.29) is 17.7 Å². The molecule has 0 heterocycles. The highest BCUT2D eigenvalue weighted by Gasteiger charge is 2.36.